The maximum atomic E-state index is 5.67. The summed E-state index contributed by atoms with van der Waals surface area (Å²) in [7, 11) is 0. The second-order valence-electron chi connectivity index (χ2n) is 3.16. The lowest BCUT2D eigenvalue weighted by Crippen LogP contribution is -2.32. The van der Waals surface area contributed by atoms with Gasteiger partial charge in [0.2, 0.25) is 0 Å². The Balaban J connectivity index is 2.42. The normalized spacial score (nSPS) is 11.7. The molecule has 0 fully saturated rings. The maximum Gasteiger partial charge on any atom is 0.188 e. The number of hydrogen-bond donors (Lipinski definition) is 2. The second kappa shape index (κ2) is 5.65. The monoisotopic (exact) mass is 211 g/mol. The summed E-state index contributed by atoms with van der Waals surface area (Å²) in [5, 5.41) is 5.13. The summed E-state index contributed by atoms with van der Waals surface area (Å²) < 4.78 is 0. The largest absolute Gasteiger partial charge is 0.370 e. The van der Waals surface area contributed by atoms with E-state index in [2.05, 4.69) is 35.6 Å². The molecule has 78 valence electrons. The van der Waals surface area contributed by atoms with Crippen molar-refractivity contribution in [1.82, 2.24) is 5.32 Å². The third-order valence-corrected chi connectivity index (χ3v) is 2.93. The SMILES string of the molecule is CCCNC(N)=NCc1sccc1C. The molecule has 0 saturated heterocycles. The van der Waals surface area contributed by atoms with Crippen molar-refractivity contribution in [2.24, 2.45) is 10.7 Å². The first-order valence-corrected chi connectivity index (χ1v) is 5.68. The lowest BCUT2D eigenvalue weighted by molar-refractivity contribution is 0.826. The van der Waals surface area contributed by atoms with Crippen molar-refractivity contribution in [2.75, 3.05) is 6.54 Å². The van der Waals surface area contributed by atoms with Gasteiger partial charge < -0.3 is 11.1 Å². The summed E-state index contributed by atoms with van der Waals surface area (Å²) in [5.74, 6) is 0.541. The van der Waals surface area contributed by atoms with E-state index in [1.54, 1.807) is 11.3 Å². The van der Waals surface area contributed by atoms with Crippen LogP contribution in [0, 0.1) is 6.92 Å². The van der Waals surface area contributed by atoms with Crippen LogP contribution in [0.5, 0.6) is 0 Å². The number of nitrogens with one attached hydrogen (secondary N) is 1. The first kappa shape index (κ1) is 11.0. The van der Waals surface area contributed by atoms with Gasteiger partial charge in [-0.05, 0) is 30.4 Å². The Morgan fingerprint density at radius 1 is 1.64 bits per heavy atom. The van der Waals surface area contributed by atoms with Gasteiger partial charge in [0, 0.05) is 11.4 Å². The van der Waals surface area contributed by atoms with Crippen molar-refractivity contribution in [3.8, 4) is 0 Å². The van der Waals surface area contributed by atoms with Crippen molar-refractivity contribution >= 4 is 17.3 Å². The molecule has 4 heteroatoms. The molecule has 1 rings (SSSR count). The van der Waals surface area contributed by atoms with Gasteiger partial charge in [0.05, 0.1) is 6.54 Å². The first-order chi connectivity index (χ1) is 6.74. The molecule has 0 radical (unpaired) electrons. The fourth-order valence-electron chi connectivity index (χ4n) is 1.03. The summed E-state index contributed by atoms with van der Waals surface area (Å²) >= 11 is 1.72. The number of nitrogens with two attached hydrogens (primary N) is 1. The molecule has 14 heavy (non-hydrogen) atoms. The van der Waals surface area contributed by atoms with Crippen LogP contribution in [0.25, 0.3) is 0 Å². The van der Waals surface area contributed by atoms with Gasteiger partial charge in [-0.15, -0.1) is 11.3 Å². The van der Waals surface area contributed by atoms with Crippen LogP contribution >= 0.6 is 11.3 Å². The summed E-state index contributed by atoms with van der Waals surface area (Å²) in [6, 6.07) is 2.10. The zero-order valence-electron chi connectivity index (χ0n) is 8.71. The molecular weight excluding hydrogens is 194 g/mol. The smallest absolute Gasteiger partial charge is 0.188 e. The van der Waals surface area contributed by atoms with Gasteiger partial charge in [0.1, 0.15) is 0 Å². The summed E-state index contributed by atoms with van der Waals surface area (Å²) in [4.78, 5) is 5.54. The minimum absolute atomic E-state index is 0.541. The minimum Gasteiger partial charge on any atom is -0.370 e. The van der Waals surface area contributed by atoms with Crippen LogP contribution in [0.4, 0.5) is 0 Å². The fraction of sp³-hybridized carbons (Fsp3) is 0.500. The van der Waals surface area contributed by atoms with Gasteiger partial charge in [0.15, 0.2) is 5.96 Å². The number of rotatable bonds is 4. The number of aryl methyl sites for hydroxylation is 1. The number of thiophene rings is 1. The summed E-state index contributed by atoms with van der Waals surface area (Å²) in [6.45, 7) is 5.77. The molecule has 3 N–H and O–H groups in total. The Morgan fingerprint density at radius 2 is 2.43 bits per heavy atom. The highest BCUT2D eigenvalue weighted by Gasteiger charge is 1.98. The van der Waals surface area contributed by atoms with E-state index in [0.717, 1.165) is 13.0 Å². The highest BCUT2D eigenvalue weighted by Crippen LogP contribution is 2.15. The molecule has 0 aliphatic carbocycles. The lowest BCUT2D eigenvalue weighted by Gasteiger charge is -2.02. The van der Waals surface area contributed by atoms with Crippen molar-refractivity contribution in [1.29, 1.82) is 0 Å². The van der Waals surface area contributed by atoms with Gasteiger partial charge in [-0.2, -0.15) is 0 Å². The average molecular weight is 211 g/mol. The van der Waals surface area contributed by atoms with Crippen LogP contribution in [-0.2, 0) is 6.54 Å². The highest BCUT2D eigenvalue weighted by atomic mass is 32.1. The number of nitrogens with zero attached hydrogens (tertiary/aromatic N) is 1. The molecule has 0 atom stereocenters. The Bertz CT molecular complexity index is 304. The third-order valence-electron chi connectivity index (χ3n) is 1.92. The zero-order chi connectivity index (χ0) is 10.4. The second-order valence-corrected chi connectivity index (χ2v) is 4.16. The molecule has 0 spiro atoms. The van der Waals surface area contributed by atoms with E-state index in [1.807, 2.05) is 0 Å². The molecule has 0 amide bonds. The summed E-state index contributed by atoms with van der Waals surface area (Å²) in [5.41, 5.74) is 6.96. The maximum absolute atomic E-state index is 5.67. The molecule has 0 aliphatic heterocycles. The van der Waals surface area contributed by atoms with Crippen LogP contribution in [0.2, 0.25) is 0 Å². The van der Waals surface area contributed by atoms with Crippen LogP contribution in [0.3, 0.4) is 0 Å². The molecule has 0 saturated carbocycles. The van der Waals surface area contributed by atoms with Crippen LogP contribution < -0.4 is 11.1 Å². The molecular formula is C10H17N3S. The number of hydrogen-bond acceptors (Lipinski definition) is 2. The van der Waals surface area contributed by atoms with Crippen molar-refractivity contribution in [2.45, 2.75) is 26.8 Å². The topological polar surface area (TPSA) is 50.4 Å². The van der Waals surface area contributed by atoms with Crippen LogP contribution in [0.1, 0.15) is 23.8 Å². The van der Waals surface area contributed by atoms with E-state index < -0.39 is 0 Å². The van der Waals surface area contributed by atoms with Crippen molar-refractivity contribution < 1.29 is 0 Å². The van der Waals surface area contributed by atoms with Gasteiger partial charge >= 0.3 is 0 Å². The zero-order valence-corrected chi connectivity index (χ0v) is 9.53. The average Bonchev–Trinajstić information content (AvgIpc) is 2.58. The Labute approximate surface area is 89.0 Å². The van der Waals surface area contributed by atoms with E-state index in [1.165, 1.54) is 10.4 Å². The molecule has 1 heterocycles. The quantitative estimate of drug-likeness (QED) is 0.590. The fourth-order valence-corrected chi connectivity index (χ4v) is 1.86. The van der Waals surface area contributed by atoms with E-state index in [4.69, 9.17) is 5.73 Å². The van der Waals surface area contributed by atoms with Gasteiger partial charge in [-0.1, -0.05) is 6.92 Å². The van der Waals surface area contributed by atoms with Crippen LogP contribution in [0.15, 0.2) is 16.4 Å². The van der Waals surface area contributed by atoms with Crippen molar-refractivity contribution in [3.05, 3.63) is 21.9 Å². The lowest BCUT2D eigenvalue weighted by atomic mass is 10.3. The van der Waals surface area contributed by atoms with Gasteiger partial charge in [-0.25, -0.2) is 4.99 Å². The Hall–Kier alpha value is -1.03. The van der Waals surface area contributed by atoms with Gasteiger partial charge in [0.25, 0.3) is 0 Å². The van der Waals surface area contributed by atoms with Crippen molar-refractivity contribution in [3.63, 3.8) is 0 Å². The predicted octanol–water partition coefficient (Wildman–Crippen LogP) is 1.87. The molecule has 1 aromatic rings. The molecule has 0 bridgehead atoms. The Morgan fingerprint density at radius 3 is 3.00 bits per heavy atom. The number of guanidine groups is 1. The van der Waals surface area contributed by atoms with E-state index in [-0.39, 0.29) is 0 Å². The van der Waals surface area contributed by atoms with Gasteiger partial charge in [-0.3, -0.25) is 0 Å². The molecule has 0 aliphatic rings. The standard InChI is InChI=1S/C10H17N3S/c1-3-5-12-10(11)13-7-9-8(2)4-6-14-9/h4,6H,3,5,7H2,1-2H3,(H3,11,12,13). The molecule has 0 aromatic carbocycles. The highest BCUT2D eigenvalue weighted by molar-refractivity contribution is 7.10. The minimum atomic E-state index is 0.541. The van der Waals surface area contributed by atoms with Crippen LogP contribution in [-0.4, -0.2) is 12.5 Å². The third kappa shape index (κ3) is 3.38. The van der Waals surface area contributed by atoms with E-state index in [0.29, 0.717) is 12.5 Å². The van der Waals surface area contributed by atoms with E-state index >= 15 is 0 Å². The van der Waals surface area contributed by atoms with E-state index in [9.17, 15) is 0 Å². The summed E-state index contributed by atoms with van der Waals surface area (Å²) in [6.07, 6.45) is 1.06. The first-order valence-electron chi connectivity index (χ1n) is 4.80. The predicted molar refractivity (Wildman–Crippen MR) is 62.7 cm³/mol. The number of aliphatic imine (C=N–C) groups is 1. The molecule has 3 nitrogen and oxygen atoms in total. The Kier molecular flexibility index (Phi) is 4.46. The molecule has 1 aromatic heterocycles. The molecule has 0 unspecified atom stereocenters.